The quantitative estimate of drug-likeness (QED) is 0.477. The van der Waals surface area contributed by atoms with E-state index in [2.05, 4.69) is 20.9 Å². The number of benzene rings is 1. The Kier molecular flexibility index (Phi) is 9.85. The second kappa shape index (κ2) is 12.6. The molecule has 0 saturated heterocycles. The van der Waals surface area contributed by atoms with Crippen molar-refractivity contribution in [3.05, 3.63) is 59.9 Å². The number of pyridine rings is 1. The van der Waals surface area contributed by atoms with Gasteiger partial charge in [0.15, 0.2) is 0 Å². The molecule has 0 aliphatic heterocycles. The van der Waals surface area contributed by atoms with Gasteiger partial charge in [-0.15, -0.1) is 0 Å². The largest absolute Gasteiger partial charge is 0.444 e. The number of rotatable bonds is 9. The van der Waals surface area contributed by atoms with Gasteiger partial charge in [0.05, 0.1) is 6.54 Å². The fourth-order valence-corrected chi connectivity index (χ4v) is 2.98. The molecule has 1 heterocycles. The lowest BCUT2D eigenvalue weighted by atomic mass is 10.2. The summed E-state index contributed by atoms with van der Waals surface area (Å²) in [6.07, 6.45) is 3.54. The molecule has 0 bridgehead atoms. The van der Waals surface area contributed by atoms with Gasteiger partial charge in [0.2, 0.25) is 0 Å². The molecule has 34 heavy (non-hydrogen) atoms. The second-order valence-electron chi connectivity index (χ2n) is 9.20. The van der Waals surface area contributed by atoms with Crippen molar-refractivity contribution in [2.45, 2.75) is 59.2 Å². The standard InChI is InChI=1S/C25H35N5O4/c1-18(2)28-23(32)29-21-11-9-20(10-12-21)22(31)27-14-7-15-30(24(33)34-25(3,4)5)17-19-8-6-13-26-16-19/h6,8-13,16,18H,7,14-15,17H2,1-5H3,(H,27,31)(H2,28,29,32). The number of aromatic nitrogens is 1. The van der Waals surface area contributed by atoms with Gasteiger partial charge < -0.3 is 25.6 Å². The molecule has 0 saturated carbocycles. The maximum atomic E-state index is 12.6. The van der Waals surface area contributed by atoms with E-state index in [1.54, 1.807) is 41.6 Å². The summed E-state index contributed by atoms with van der Waals surface area (Å²) in [6, 6.07) is 10.1. The van der Waals surface area contributed by atoms with Crippen LogP contribution in [0.15, 0.2) is 48.8 Å². The van der Waals surface area contributed by atoms with Gasteiger partial charge in [0, 0.05) is 42.8 Å². The van der Waals surface area contributed by atoms with Crippen molar-refractivity contribution < 1.29 is 19.1 Å². The van der Waals surface area contributed by atoms with Crippen LogP contribution in [0.1, 0.15) is 57.0 Å². The van der Waals surface area contributed by atoms with Crippen molar-refractivity contribution in [2.75, 3.05) is 18.4 Å². The summed E-state index contributed by atoms with van der Waals surface area (Å²) in [6.45, 7) is 10.4. The predicted molar refractivity (Wildman–Crippen MR) is 132 cm³/mol. The van der Waals surface area contributed by atoms with Gasteiger partial charge in [-0.3, -0.25) is 9.78 Å². The molecule has 9 nitrogen and oxygen atoms in total. The van der Waals surface area contributed by atoms with Gasteiger partial charge in [0.25, 0.3) is 5.91 Å². The SMILES string of the molecule is CC(C)NC(=O)Nc1ccc(C(=O)NCCCN(Cc2cccnc2)C(=O)OC(C)(C)C)cc1. The number of amides is 4. The summed E-state index contributed by atoms with van der Waals surface area (Å²) < 4.78 is 5.52. The van der Waals surface area contributed by atoms with Crippen molar-refractivity contribution in [2.24, 2.45) is 0 Å². The number of carbonyl (C=O) groups excluding carboxylic acids is 3. The van der Waals surface area contributed by atoms with Crippen molar-refractivity contribution >= 4 is 23.7 Å². The van der Waals surface area contributed by atoms with Crippen LogP contribution in [0.2, 0.25) is 0 Å². The number of nitrogens with one attached hydrogen (secondary N) is 3. The zero-order valence-corrected chi connectivity index (χ0v) is 20.6. The number of urea groups is 1. The Balaban J connectivity index is 1.86. The summed E-state index contributed by atoms with van der Waals surface area (Å²) in [4.78, 5) is 42.6. The average Bonchev–Trinajstić information content (AvgIpc) is 2.75. The third-order valence-electron chi connectivity index (χ3n) is 4.46. The first-order valence-corrected chi connectivity index (χ1v) is 11.4. The number of ether oxygens (including phenoxy) is 1. The molecule has 184 valence electrons. The van der Waals surface area contributed by atoms with E-state index >= 15 is 0 Å². The highest BCUT2D eigenvalue weighted by atomic mass is 16.6. The Hall–Kier alpha value is -3.62. The van der Waals surface area contributed by atoms with Crippen LogP contribution in [0, 0.1) is 0 Å². The fraction of sp³-hybridized carbons (Fsp3) is 0.440. The van der Waals surface area contributed by atoms with E-state index in [4.69, 9.17) is 4.74 Å². The highest BCUT2D eigenvalue weighted by molar-refractivity contribution is 5.95. The van der Waals surface area contributed by atoms with Crippen molar-refractivity contribution in [1.82, 2.24) is 20.5 Å². The summed E-state index contributed by atoms with van der Waals surface area (Å²) in [5.74, 6) is -0.228. The molecular formula is C25H35N5O4. The number of anilines is 1. The molecule has 3 N–H and O–H groups in total. The number of nitrogens with zero attached hydrogens (tertiary/aromatic N) is 2. The first kappa shape index (κ1) is 26.6. The smallest absolute Gasteiger partial charge is 0.410 e. The number of carbonyl (C=O) groups is 3. The van der Waals surface area contributed by atoms with Crippen LogP contribution < -0.4 is 16.0 Å². The molecule has 0 spiro atoms. The van der Waals surface area contributed by atoms with Crippen LogP contribution in [0.4, 0.5) is 15.3 Å². The molecule has 0 aliphatic carbocycles. The first-order valence-electron chi connectivity index (χ1n) is 11.4. The maximum absolute atomic E-state index is 12.6. The lowest BCUT2D eigenvalue weighted by Crippen LogP contribution is -2.38. The topological polar surface area (TPSA) is 113 Å². The van der Waals surface area contributed by atoms with Crippen LogP contribution >= 0.6 is 0 Å². The summed E-state index contributed by atoms with van der Waals surface area (Å²) >= 11 is 0. The highest BCUT2D eigenvalue weighted by Crippen LogP contribution is 2.13. The zero-order valence-electron chi connectivity index (χ0n) is 20.6. The Morgan fingerprint density at radius 1 is 1.09 bits per heavy atom. The molecule has 0 radical (unpaired) electrons. The van der Waals surface area contributed by atoms with Crippen molar-refractivity contribution in [3.63, 3.8) is 0 Å². The zero-order chi connectivity index (χ0) is 25.1. The number of hydrogen-bond donors (Lipinski definition) is 3. The Labute approximate surface area is 201 Å². The monoisotopic (exact) mass is 469 g/mol. The minimum absolute atomic E-state index is 0.0284. The van der Waals surface area contributed by atoms with Crippen LogP contribution in [-0.2, 0) is 11.3 Å². The molecule has 0 aliphatic rings. The van der Waals surface area contributed by atoms with E-state index in [1.807, 2.05) is 46.8 Å². The Morgan fingerprint density at radius 2 is 1.79 bits per heavy atom. The minimum Gasteiger partial charge on any atom is -0.444 e. The minimum atomic E-state index is -0.602. The molecule has 0 atom stereocenters. The van der Waals surface area contributed by atoms with Gasteiger partial charge in [0.1, 0.15) is 5.60 Å². The molecule has 1 aromatic heterocycles. The van der Waals surface area contributed by atoms with E-state index in [9.17, 15) is 14.4 Å². The van der Waals surface area contributed by atoms with Crippen molar-refractivity contribution in [1.29, 1.82) is 0 Å². The highest BCUT2D eigenvalue weighted by Gasteiger charge is 2.22. The van der Waals surface area contributed by atoms with E-state index in [0.717, 1.165) is 5.56 Å². The van der Waals surface area contributed by atoms with Crippen LogP contribution in [-0.4, -0.2) is 52.6 Å². The van der Waals surface area contributed by atoms with Gasteiger partial charge >= 0.3 is 12.1 Å². The van der Waals surface area contributed by atoms with E-state index in [-0.39, 0.29) is 18.0 Å². The second-order valence-corrected chi connectivity index (χ2v) is 9.20. The summed E-state index contributed by atoms with van der Waals surface area (Å²) in [5.41, 5.74) is 1.37. The first-order chi connectivity index (χ1) is 16.0. The van der Waals surface area contributed by atoms with Gasteiger partial charge in [-0.2, -0.15) is 0 Å². The summed E-state index contributed by atoms with van der Waals surface area (Å²) in [5, 5.41) is 8.31. The molecule has 4 amide bonds. The third-order valence-corrected chi connectivity index (χ3v) is 4.46. The molecule has 1 aromatic carbocycles. The molecule has 0 fully saturated rings. The normalized spacial score (nSPS) is 11.0. The predicted octanol–water partition coefficient (Wildman–Crippen LogP) is 4.17. The van der Waals surface area contributed by atoms with Crippen molar-refractivity contribution in [3.8, 4) is 0 Å². The lowest BCUT2D eigenvalue weighted by molar-refractivity contribution is 0.0232. The Morgan fingerprint density at radius 3 is 2.38 bits per heavy atom. The van der Waals surface area contributed by atoms with E-state index in [1.165, 1.54) is 0 Å². The Bertz CT molecular complexity index is 940. The summed E-state index contributed by atoms with van der Waals surface area (Å²) in [7, 11) is 0. The molecule has 2 rings (SSSR count). The van der Waals surface area contributed by atoms with Crippen LogP contribution in [0.3, 0.4) is 0 Å². The molecular weight excluding hydrogens is 434 g/mol. The van der Waals surface area contributed by atoms with Gasteiger partial charge in [-0.1, -0.05) is 6.07 Å². The molecule has 0 unspecified atom stereocenters. The molecule has 2 aromatic rings. The maximum Gasteiger partial charge on any atom is 0.410 e. The van der Waals surface area contributed by atoms with Crippen LogP contribution in [0.5, 0.6) is 0 Å². The van der Waals surface area contributed by atoms with E-state index in [0.29, 0.717) is 37.3 Å². The third kappa shape index (κ3) is 9.89. The van der Waals surface area contributed by atoms with E-state index < -0.39 is 11.7 Å². The molecule has 9 heteroatoms. The van der Waals surface area contributed by atoms with Gasteiger partial charge in [-0.05, 0) is 76.9 Å². The average molecular weight is 470 g/mol. The fourth-order valence-electron chi connectivity index (χ4n) is 2.98. The lowest BCUT2D eigenvalue weighted by Gasteiger charge is -2.27. The van der Waals surface area contributed by atoms with Crippen LogP contribution in [0.25, 0.3) is 0 Å². The van der Waals surface area contributed by atoms with Gasteiger partial charge in [-0.25, -0.2) is 9.59 Å². The number of hydrogen-bond acceptors (Lipinski definition) is 5.